The number of thiophene rings is 1. The molecule has 1 aromatic rings. The van der Waals surface area contributed by atoms with Crippen molar-refractivity contribution in [2.24, 2.45) is 5.73 Å². The van der Waals surface area contributed by atoms with Gasteiger partial charge in [0.2, 0.25) is 5.91 Å². The number of halogens is 1. The number of carbonyl (C=O) groups is 1. The highest BCUT2D eigenvalue weighted by Gasteiger charge is 2.37. The summed E-state index contributed by atoms with van der Waals surface area (Å²) in [5, 5.41) is 2.80. The molecule has 88 valence electrons. The lowest BCUT2D eigenvalue weighted by atomic mass is 9.99. The lowest BCUT2D eigenvalue weighted by Crippen LogP contribution is -2.54. The van der Waals surface area contributed by atoms with Crippen LogP contribution in [0.15, 0.2) is 12.1 Å². The largest absolute Gasteiger partial charge is 0.379 e. The molecule has 16 heavy (non-hydrogen) atoms. The van der Waals surface area contributed by atoms with Crippen LogP contribution in [0.1, 0.15) is 11.3 Å². The smallest absolute Gasteiger partial charge is 0.242 e. The molecule has 0 bridgehead atoms. The van der Waals surface area contributed by atoms with E-state index in [1.807, 2.05) is 12.1 Å². The van der Waals surface area contributed by atoms with Gasteiger partial charge in [0.05, 0.1) is 17.5 Å². The van der Waals surface area contributed by atoms with Crippen molar-refractivity contribution >= 4 is 28.8 Å². The summed E-state index contributed by atoms with van der Waals surface area (Å²) in [6, 6.07) is 3.70. The fourth-order valence-corrected chi connectivity index (χ4v) is 2.58. The molecule has 1 aliphatic rings. The van der Waals surface area contributed by atoms with Crippen molar-refractivity contribution in [3.05, 3.63) is 21.3 Å². The Morgan fingerprint density at radius 1 is 1.69 bits per heavy atom. The Labute approximate surface area is 103 Å². The Kier molecular flexibility index (Phi) is 3.49. The monoisotopic (exact) mass is 260 g/mol. The summed E-state index contributed by atoms with van der Waals surface area (Å²) in [7, 11) is 0. The van der Waals surface area contributed by atoms with Gasteiger partial charge >= 0.3 is 0 Å². The Morgan fingerprint density at radius 2 is 2.50 bits per heavy atom. The molecule has 0 spiro atoms. The van der Waals surface area contributed by atoms with E-state index in [9.17, 15) is 4.79 Å². The standard InChI is InChI=1S/C10H13ClN2O2S/c11-8-2-1-7(16-8)5-13-9(14)10(12)3-4-15-6-10/h1-2H,3-6,12H2,(H,13,14). The number of nitrogens with two attached hydrogens (primary N) is 1. The van der Waals surface area contributed by atoms with Crippen molar-refractivity contribution in [1.29, 1.82) is 0 Å². The van der Waals surface area contributed by atoms with Gasteiger partial charge in [0.1, 0.15) is 5.54 Å². The van der Waals surface area contributed by atoms with Crippen LogP contribution in [-0.4, -0.2) is 24.7 Å². The van der Waals surface area contributed by atoms with Gasteiger partial charge < -0.3 is 15.8 Å². The van der Waals surface area contributed by atoms with Gasteiger partial charge in [-0.2, -0.15) is 0 Å². The molecule has 4 nitrogen and oxygen atoms in total. The van der Waals surface area contributed by atoms with Gasteiger partial charge in [-0.1, -0.05) is 11.6 Å². The Hall–Kier alpha value is -0.620. The van der Waals surface area contributed by atoms with Gasteiger partial charge in [0, 0.05) is 11.5 Å². The van der Waals surface area contributed by atoms with Crippen LogP contribution in [0.3, 0.4) is 0 Å². The van der Waals surface area contributed by atoms with Gasteiger partial charge in [0.25, 0.3) is 0 Å². The minimum absolute atomic E-state index is 0.158. The highest BCUT2D eigenvalue weighted by Crippen LogP contribution is 2.21. The molecule has 1 saturated heterocycles. The normalized spacial score (nSPS) is 24.6. The molecule has 2 rings (SSSR count). The van der Waals surface area contributed by atoms with Gasteiger partial charge in [-0.3, -0.25) is 4.79 Å². The lowest BCUT2D eigenvalue weighted by molar-refractivity contribution is -0.126. The molecule has 1 aromatic heterocycles. The minimum atomic E-state index is -0.860. The predicted molar refractivity (Wildman–Crippen MR) is 63.5 cm³/mol. The first-order chi connectivity index (χ1) is 7.60. The van der Waals surface area contributed by atoms with E-state index in [1.165, 1.54) is 11.3 Å². The van der Waals surface area contributed by atoms with E-state index in [4.69, 9.17) is 22.1 Å². The fraction of sp³-hybridized carbons (Fsp3) is 0.500. The van der Waals surface area contributed by atoms with Gasteiger partial charge in [0.15, 0.2) is 0 Å². The molecular formula is C10H13ClN2O2S. The molecule has 1 amide bonds. The van der Waals surface area contributed by atoms with E-state index in [2.05, 4.69) is 5.32 Å². The van der Waals surface area contributed by atoms with Crippen LogP contribution < -0.4 is 11.1 Å². The molecule has 0 aromatic carbocycles. The molecule has 0 saturated carbocycles. The first kappa shape index (κ1) is 11.9. The van der Waals surface area contributed by atoms with Crippen LogP contribution in [-0.2, 0) is 16.1 Å². The van der Waals surface area contributed by atoms with E-state index < -0.39 is 5.54 Å². The topological polar surface area (TPSA) is 64.4 Å². The third-order valence-electron chi connectivity index (χ3n) is 2.56. The second-order valence-corrected chi connectivity index (χ2v) is 5.65. The first-order valence-corrected chi connectivity index (χ1v) is 6.19. The number of rotatable bonds is 3. The van der Waals surface area contributed by atoms with Crippen LogP contribution in [0.5, 0.6) is 0 Å². The molecule has 1 atom stereocenters. The molecule has 1 aliphatic heterocycles. The number of amides is 1. The van der Waals surface area contributed by atoms with E-state index >= 15 is 0 Å². The summed E-state index contributed by atoms with van der Waals surface area (Å²) < 4.78 is 5.85. The maximum atomic E-state index is 11.8. The van der Waals surface area contributed by atoms with Crippen molar-refractivity contribution in [3.8, 4) is 0 Å². The SMILES string of the molecule is NC1(C(=O)NCc2ccc(Cl)s2)CCOC1. The molecule has 2 heterocycles. The summed E-state index contributed by atoms with van der Waals surface area (Å²) in [4.78, 5) is 12.8. The fourth-order valence-electron chi connectivity index (χ4n) is 1.55. The second kappa shape index (κ2) is 4.71. The highest BCUT2D eigenvalue weighted by molar-refractivity contribution is 7.16. The van der Waals surface area contributed by atoms with Crippen molar-refractivity contribution in [2.45, 2.75) is 18.5 Å². The highest BCUT2D eigenvalue weighted by atomic mass is 35.5. The van der Waals surface area contributed by atoms with Crippen LogP contribution in [0.2, 0.25) is 4.34 Å². The summed E-state index contributed by atoms with van der Waals surface area (Å²) >= 11 is 7.24. The van der Waals surface area contributed by atoms with Gasteiger partial charge in [-0.15, -0.1) is 11.3 Å². The lowest BCUT2D eigenvalue weighted by Gasteiger charge is -2.20. The zero-order chi connectivity index (χ0) is 11.6. The molecule has 1 unspecified atom stereocenters. The van der Waals surface area contributed by atoms with Crippen molar-refractivity contribution in [2.75, 3.05) is 13.2 Å². The number of ether oxygens (including phenoxy) is 1. The van der Waals surface area contributed by atoms with Crippen molar-refractivity contribution in [3.63, 3.8) is 0 Å². The van der Waals surface area contributed by atoms with E-state index in [1.54, 1.807) is 0 Å². The molecule has 0 aliphatic carbocycles. The van der Waals surface area contributed by atoms with Crippen LogP contribution in [0.4, 0.5) is 0 Å². The van der Waals surface area contributed by atoms with E-state index in [0.29, 0.717) is 26.2 Å². The van der Waals surface area contributed by atoms with Gasteiger partial charge in [-0.05, 0) is 18.6 Å². The molecule has 3 N–H and O–H groups in total. The number of hydrogen-bond acceptors (Lipinski definition) is 4. The van der Waals surface area contributed by atoms with Gasteiger partial charge in [-0.25, -0.2) is 0 Å². The third-order valence-corrected chi connectivity index (χ3v) is 3.79. The Morgan fingerprint density at radius 3 is 3.06 bits per heavy atom. The number of hydrogen-bond donors (Lipinski definition) is 2. The zero-order valence-corrected chi connectivity index (χ0v) is 10.2. The summed E-state index contributed by atoms with van der Waals surface area (Å²) in [6.45, 7) is 1.31. The Balaban J connectivity index is 1.88. The molecule has 6 heteroatoms. The minimum Gasteiger partial charge on any atom is -0.379 e. The van der Waals surface area contributed by atoms with Crippen LogP contribution in [0, 0.1) is 0 Å². The zero-order valence-electron chi connectivity index (χ0n) is 8.66. The third kappa shape index (κ3) is 2.55. The summed E-state index contributed by atoms with van der Waals surface area (Å²) in [6.07, 6.45) is 0.573. The average molecular weight is 261 g/mol. The maximum absolute atomic E-state index is 11.8. The molecule has 1 fully saturated rings. The van der Waals surface area contributed by atoms with Crippen LogP contribution >= 0.6 is 22.9 Å². The number of nitrogens with one attached hydrogen (secondary N) is 1. The van der Waals surface area contributed by atoms with Crippen LogP contribution in [0.25, 0.3) is 0 Å². The predicted octanol–water partition coefficient (Wildman–Crippen LogP) is 1.14. The Bertz CT molecular complexity index is 388. The molecule has 0 radical (unpaired) electrons. The van der Waals surface area contributed by atoms with Crippen molar-refractivity contribution in [1.82, 2.24) is 5.32 Å². The first-order valence-electron chi connectivity index (χ1n) is 4.99. The summed E-state index contributed by atoms with van der Waals surface area (Å²) in [5.41, 5.74) is 5.05. The van der Waals surface area contributed by atoms with E-state index in [-0.39, 0.29) is 5.91 Å². The second-order valence-electron chi connectivity index (χ2n) is 3.85. The van der Waals surface area contributed by atoms with E-state index in [0.717, 1.165) is 9.21 Å². The summed E-state index contributed by atoms with van der Waals surface area (Å²) in [5.74, 6) is -0.158. The number of carbonyl (C=O) groups excluding carboxylic acids is 1. The average Bonchev–Trinajstić information content (AvgIpc) is 2.85. The molecular weight excluding hydrogens is 248 g/mol. The maximum Gasteiger partial charge on any atom is 0.242 e. The quantitative estimate of drug-likeness (QED) is 0.857. The van der Waals surface area contributed by atoms with Crippen molar-refractivity contribution < 1.29 is 9.53 Å².